The summed E-state index contributed by atoms with van der Waals surface area (Å²) in [5.41, 5.74) is 1.77. The molecule has 0 aliphatic rings. The van der Waals surface area contributed by atoms with Crippen LogP contribution in [0, 0.1) is 5.82 Å². The van der Waals surface area contributed by atoms with Gasteiger partial charge < -0.3 is 10.1 Å². The number of carbonyl (C=O) groups excluding carboxylic acids is 1. The minimum Gasteiger partial charge on any atom is -0.497 e. The van der Waals surface area contributed by atoms with Gasteiger partial charge in [-0.05, 0) is 52.3 Å². The fourth-order valence-corrected chi connectivity index (χ4v) is 2.17. The van der Waals surface area contributed by atoms with Gasteiger partial charge in [0.05, 0.1) is 13.5 Å². The molecule has 24 heavy (non-hydrogen) atoms. The van der Waals surface area contributed by atoms with Crippen molar-refractivity contribution in [3.8, 4) is 17.0 Å². The van der Waals surface area contributed by atoms with E-state index in [1.165, 1.54) is 24.3 Å². The number of aromatic nitrogens is 2. The topological polar surface area (TPSA) is 77.2 Å². The molecule has 0 saturated carbocycles. The molecule has 6 nitrogen and oxygen atoms in total. The lowest BCUT2D eigenvalue weighted by Gasteiger charge is -2.05. The van der Waals surface area contributed by atoms with E-state index in [1.807, 2.05) is 0 Å². The molecular weight excluding hydrogens is 313 g/mol. The van der Waals surface area contributed by atoms with Gasteiger partial charge in [0.2, 0.25) is 11.7 Å². The molecule has 1 heterocycles. The smallest absolute Gasteiger partial charge is 0.230 e. The molecule has 0 aliphatic carbocycles. The number of hydrogen-bond donors (Lipinski definition) is 1. The Morgan fingerprint density at radius 2 is 1.83 bits per heavy atom. The van der Waals surface area contributed by atoms with E-state index in [-0.39, 0.29) is 24.0 Å². The molecule has 3 rings (SSSR count). The maximum Gasteiger partial charge on any atom is 0.230 e. The number of hydrogen-bond acceptors (Lipinski definition) is 5. The van der Waals surface area contributed by atoms with Crippen molar-refractivity contribution < 1.29 is 18.6 Å². The Morgan fingerprint density at radius 1 is 1.12 bits per heavy atom. The van der Waals surface area contributed by atoms with Crippen molar-refractivity contribution in [2.45, 2.75) is 6.42 Å². The van der Waals surface area contributed by atoms with Gasteiger partial charge in [0.1, 0.15) is 11.6 Å². The van der Waals surface area contributed by atoms with Crippen LogP contribution in [0.5, 0.6) is 5.75 Å². The van der Waals surface area contributed by atoms with Gasteiger partial charge in [-0.25, -0.2) is 9.02 Å². The molecular formula is C17H14FN3O3. The van der Waals surface area contributed by atoms with Gasteiger partial charge in [0.25, 0.3) is 0 Å². The average Bonchev–Trinajstić information content (AvgIpc) is 3.04. The van der Waals surface area contributed by atoms with Crippen LogP contribution in [-0.4, -0.2) is 23.3 Å². The molecule has 0 spiro atoms. The summed E-state index contributed by atoms with van der Waals surface area (Å²) < 4.78 is 22.8. The largest absolute Gasteiger partial charge is 0.497 e. The van der Waals surface area contributed by atoms with E-state index < -0.39 is 0 Å². The Balaban J connectivity index is 1.70. The van der Waals surface area contributed by atoms with Crippen LogP contribution in [0.4, 0.5) is 10.2 Å². The maximum absolute atomic E-state index is 13.0. The number of amides is 1. The summed E-state index contributed by atoms with van der Waals surface area (Å²) in [6, 6.07) is 12.8. The molecule has 1 N–H and O–H groups in total. The molecule has 3 aromatic rings. The van der Waals surface area contributed by atoms with Gasteiger partial charge in [0.15, 0.2) is 5.69 Å². The molecule has 0 atom stereocenters. The van der Waals surface area contributed by atoms with Crippen LogP contribution in [0.25, 0.3) is 11.3 Å². The third kappa shape index (κ3) is 3.57. The summed E-state index contributed by atoms with van der Waals surface area (Å²) in [5.74, 6) is 0.290. The number of halogens is 1. The lowest BCUT2D eigenvalue weighted by molar-refractivity contribution is -0.115. The SMILES string of the molecule is COc1ccc(CC(=O)Nc2nonc2-c2ccc(F)cc2)cc1. The second kappa shape index (κ2) is 6.91. The number of nitrogens with one attached hydrogen (secondary N) is 1. The number of anilines is 1. The molecule has 1 amide bonds. The van der Waals surface area contributed by atoms with Gasteiger partial charge >= 0.3 is 0 Å². The van der Waals surface area contributed by atoms with Crippen LogP contribution in [0.1, 0.15) is 5.56 Å². The average molecular weight is 327 g/mol. The molecule has 0 radical (unpaired) electrons. The van der Waals surface area contributed by atoms with Crippen LogP contribution in [-0.2, 0) is 11.2 Å². The molecule has 7 heteroatoms. The highest BCUT2D eigenvalue weighted by atomic mass is 19.1. The Bertz CT molecular complexity index is 829. The quantitative estimate of drug-likeness (QED) is 0.779. The summed E-state index contributed by atoms with van der Waals surface area (Å²) in [4.78, 5) is 12.2. The highest BCUT2D eigenvalue weighted by Crippen LogP contribution is 2.24. The zero-order valence-corrected chi connectivity index (χ0v) is 12.8. The summed E-state index contributed by atoms with van der Waals surface area (Å²) in [6.45, 7) is 0. The van der Waals surface area contributed by atoms with Gasteiger partial charge in [-0.1, -0.05) is 12.1 Å². The van der Waals surface area contributed by atoms with Crippen LogP contribution in [0.2, 0.25) is 0 Å². The molecule has 0 saturated heterocycles. The van der Waals surface area contributed by atoms with Gasteiger partial charge in [0, 0.05) is 5.56 Å². The van der Waals surface area contributed by atoms with Crippen molar-refractivity contribution >= 4 is 11.7 Å². The van der Waals surface area contributed by atoms with Gasteiger partial charge in [-0.3, -0.25) is 4.79 Å². The molecule has 2 aromatic carbocycles. The normalized spacial score (nSPS) is 10.4. The second-order valence-corrected chi connectivity index (χ2v) is 5.04. The van der Waals surface area contributed by atoms with Crippen molar-refractivity contribution in [2.24, 2.45) is 0 Å². The van der Waals surface area contributed by atoms with Crippen molar-refractivity contribution in [1.29, 1.82) is 0 Å². The van der Waals surface area contributed by atoms with E-state index in [2.05, 4.69) is 20.3 Å². The van der Waals surface area contributed by atoms with E-state index in [0.29, 0.717) is 11.3 Å². The number of nitrogens with zero attached hydrogens (tertiary/aromatic N) is 2. The minimum atomic E-state index is -0.361. The first kappa shape index (κ1) is 15.7. The summed E-state index contributed by atoms with van der Waals surface area (Å²) >= 11 is 0. The molecule has 0 bridgehead atoms. The monoisotopic (exact) mass is 327 g/mol. The zero-order valence-electron chi connectivity index (χ0n) is 12.8. The number of carbonyl (C=O) groups is 1. The molecule has 0 aliphatic heterocycles. The lowest BCUT2D eigenvalue weighted by Crippen LogP contribution is -2.15. The third-order valence-electron chi connectivity index (χ3n) is 3.39. The number of methoxy groups -OCH3 is 1. The third-order valence-corrected chi connectivity index (χ3v) is 3.39. The Kier molecular flexibility index (Phi) is 4.51. The first-order chi connectivity index (χ1) is 11.7. The molecule has 0 unspecified atom stereocenters. The van der Waals surface area contributed by atoms with Crippen LogP contribution in [0.15, 0.2) is 53.2 Å². The summed E-state index contributed by atoms with van der Waals surface area (Å²) in [7, 11) is 1.58. The van der Waals surface area contributed by atoms with E-state index in [9.17, 15) is 9.18 Å². The first-order valence-corrected chi connectivity index (χ1v) is 7.17. The van der Waals surface area contributed by atoms with E-state index >= 15 is 0 Å². The fourth-order valence-electron chi connectivity index (χ4n) is 2.17. The predicted octanol–water partition coefficient (Wildman–Crippen LogP) is 3.07. The highest BCUT2D eigenvalue weighted by Gasteiger charge is 2.15. The molecule has 0 fully saturated rings. The summed E-state index contributed by atoms with van der Waals surface area (Å²) in [6.07, 6.45) is 0.166. The predicted molar refractivity (Wildman–Crippen MR) is 85.0 cm³/mol. The standard InChI is InChI=1S/C17H14FN3O3/c1-23-14-8-2-11(3-9-14)10-15(22)19-17-16(20-24-21-17)12-4-6-13(18)7-5-12/h2-9H,10H2,1H3,(H,19,21,22). The zero-order chi connectivity index (χ0) is 16.9. The lowest BCUT2D eigenvalue weighted by atomic mass is 10.1. The number of ether oxygens (including phenoxy) is 1. The Labute approximate surface area is 137 Å². The summed E-state index contributed by atoms with van der Waals surface area (Å²) in [5, 5.41) is 10.1. The van der Waals surface area contributed by atoms with Crippen LogP contribution < -0.4 is 10.1 Å². The number of rotatable bonds is 5. The second-order valence-electron chi connectivity index (χ2n) is 5.04. The highest BCUT2D eigenvalue weighted by molar-refractivity contribution is 5.94. The van der Waals surface area contributed by atoms with Gasteiger partial charge in [-0.15, -0.1) is 0 Å². The first-order valence-electron chi connectivity index (χ1n) is 7.17. The Hall–Kier alpha value is -3.22. The molecule has 1 aromatic heterocycles. The molecule has 122 valence electrons. The van der Waals surface area contributed by atoms with E-state index in [1.54, 1.807) is 31.4 Å². The van der Waals surface area contributed by atoms with Crippen molar-refractivity contribution in [3.05, 3.63) is 59.9 Å². The van der Waals surface area contributed by atoms with Crippen molar-refractivity contribution in [2.75, 3.05) is 12.4 Å². The number of benzene rings is 2. The minimum absolute atomic E-state index is 0.166. The fraction of sp³-hybridized carbons (Fsp3) is 0.118. The Morgan fingerprint density at radius 3 is 2.50 bits per heavy atom. The van der Waals surface area contributed by atoms with Crippen LogP contribution >= 0.6 is 0 Å². The van der Waals surface area contributed by atoms with Crippen LogP contribution in [0.3, 0.4) is 0 Å². The van der Waals surface area contributed by atoms with Crippen molar-refractivity contribution in [3.63, 3.8) is 0 Å². The maximum atomic E-state index is 13.0. The van der Waals surface area contributed by atoms with E-state index in [4.69, 9.17) is 4.74 Å². The van der Waals surface area contributed by atoms with Crippen molar-refractivity contribution in [1.82, 2.24) is 10.3 Å². The van der Waals surface area contributed by atoms with E-state index in [0.717, 1.165) is 11.3 Å². The van der Waals surface area contributed by atoms with Gasteiger partial charge in [-0.2, -0.15) is 0 Å².